The number of hydrogen-bond donors (Lipinski definition) is 1. The molecule has 0 saturated carbocycles. The van der Waals surface area contributed by atoms with Crippen LogP contribution in [-0.4, -0.2) is 6.04 Å². The molecule has 78 valence electrons. The summed E-state index contributed by atoms with van der Waals surface area (Å²) in [5.41, 5.74) is 1.71. The lowest BCUT2D eigenvalue weighted by atomic mass is 10.1. The van der Waals surface area contributed by atoms with Crippen LogP contribution in [0.4, 0.5) is 4.39 Å². The van der Waals surface area contributed by atoms with Crippen LogP contribution in [-0.2, 0) is 6.54 Å². The first-order valence-electron chi connectivity index (χ1n) is 5.12. The van der Waals surface area contributed by atoms with E-state index in [1.165, 1.54) is 0 Å². The molecule has 0 aliphatic heterocycles. The second-order valence-corrected chi connectivity index (χ2v) is 3.79. The Morgan fingerprint density at radius 1 is 1.43 bits per heavy atom. The van der Waals surface area contributed by atoms with Gasteiger partial charge in [-0.05, 0) is 31.9 Å². The zero-order valence-electron chi connectivity index (χ0n) is 9.10. The molecule has 0 heterocycles. The quantitative estimate of drug-likeness (QED) is 0.778. The highest BCUT2D eigenvalue weighted by atomic mass is 19.1. The van der Waals surface area contributed by atoms with Gasteiger partial charge in [0.25, 0.3) is 0 Å². The van der Waals surface area contributed by atoms with Crippen molar-refractivity contribution in [2.45, 2.75) is 39.8 Å². The van der Waals surface area contributed by atoms with E-state index in [2.05, 4.69) is 19.2 Å². The average molecular weight is 195 g/mol. The molecule has 1 unspecified atom stereocenters. The van der Waals surface area contributed by atoms with Crippen molar-refractivity contribution >= 4 is 0 Å². The molecule has 1 aromatic rings. The lowest BCUT2D eigenvalue weighted by Crippen LogP contribution is -2.24. The van der Waals surface area contributed by atoms with Gasteiger partial charge in [-0.15, -0.1) is 0 Å². The molecule has 0 aliphatic carbocycles. The lowest BCUT2D eigenvalue weighted by molar-refractivity contribution is 0.516. The second-order valence-electron chi connectivity index (χ2n) is 3.79. The maximum atomic E-state index is 13.4. The number of benzene rings is 1. The third kappa shape index (κ3) is 3.11. The van der Waals surface area contributed by atoms with E-state index in [0.29, 0.717) is 12.6 Å². The van der Waals surface area contributed by atoms with Gasteiger partial charge in [-0.3, -0.25) is 0 Å². The van der Waals surface area contributed by atoms with Gasteiger partial charge >= 0.3 is 0 Å². The van der Waals surface area contributed by atoms with Gasteiger partial charge in [0.15, 0.2) is 0 Å². The first-order chi connectivity index (χ1) is 6.63. The fraction of sp³-hybridized carbons (Fsp3) is 0.500. The maximum Gasteiger partial charge on any atom is 0.127 e. The summed E-state index contributed by atoms with van der Waals surface area (Å²) >= 11 is 0. The molecule has 1 aromatic carbocycles. The van der Waals surface area contributed by atoms with Gasteiger partial charge in [-0.2, -0.15) is 0 Å². The van der Waals surface area contributed by atoms with Crippen LogP contribution in [0, 0.1) is 12.7 Å². The van der Waals surface area contributed by atoms with Gasteiger partial charge in [-0.1, -0.05) is 19.1 Å². The highest BCUT2D eigenvalue weighted by Gasteiger charge is 2.03. The van der Waals surface area contributed by atoms with E-state index in [1.807, 2.05) is 19.1 Å². The molecule has 1 nitrogen and oxygen atoms in total. The zero-order valence-corrected chi connectivity index (χ0v) is 9.10. The molecule has 0 saturated heterocycles. The normalized spacial score (nSPS) is 12.9. The summed E-state index contributed by atoms with van der Waals surface area (Å²) in [6.07, 6.45) is 1.06. The number of rotatable bonds is 4. The van der Waals surface area contributed by atoms with Crippen LogP contribution in [0.2, 0.25) is 0 Å². The van der Waals surface area contributed by atoms with E-state index in [0.717, 1.165) is 17.5 Å². The summed E-state index contributed by atoms with van der Waals surface area (Å²) in [4.78, 5) is 0. The Morgan fingerprint density at radius 3 is 2.71 bits per heavy atom. The minimum atomic E-state index is -0.110. The Bertz CT molecular complexity index is 296. The van der Waals surface area contributed by atoms with Crippen LogP contribution < -0.4 is 5.32 Å². The molecule has 1 rings (SSSR count). The summed E-state index contributed by atoms with van der Waals surface area (Å²) in [7, 11) is 0. The maximum absolute atomic E-state index is 13.4. The number of halogens is 1. The molecule has 0 bridgehead atoms. The van der Waals surface area contributed by atoms with E-state index in [1.54, 1.807) is 6.07 Å². The van der Waals surface area contributed by atoms with Crippen molar-refractivity contribution in [1.82, 2.24) is 5.32 Å². The average Bonchev–Trinajstić information content (AvgIpc) is 2.16. The summed E-state index contributed by atoms with van der Waals surface area (Å²) < 4.78 is 13.4. The Morgan fingerprint density at radius 2 is 2.14 bits per heavy atom. The van der Waals surface area contributed by atoms with Gasteiger partial charge in [0, 0.05) is 18.2 Å². The SMILES string of the molecule is CCC(C)NCc1ccc(C)cc1F. The van der Waals surface area contributed by atoms with Gasteiger partial charge in [0.05, 0.1) is 0 Å². The molecule has 14 heavy (non-hydrogen) atoms. The molecule has 0 amide bonds. The predicted molar refractivity (Wildman–Crippen MR) is 57.7 cm³/mol. The summed E-state index contributed by atoms with van der Waals surface area (Å²) in [5.74, 6) is -0.110. The third-order valence-electron chi connectivity index (χ3n) is 2.46. The van der Waals surface area contributed by atoms with Gasteiger partial charge < -0.3 is 5.32 Å². The van der Waals surface area contributed by atoms with E-state index in [9.17, 15) is 4.39 Å². The molecule has 1 atom stereocenters. The highest BCUT2D eigenvalue weighted by molar-refractivity contribution is 5.23. The summed E-state index contributed by atoms with van der Waals surface area (Å²) in [6.45, 7) is 6.73. The van der Waals surface area contributed by atoms with Crippen LogP contribution in [0.1, 0.15) is 31.4 Å². The minimum absolute atomic E-state index is 0.110. The molecule has 1 N–H and O–H groups in total. The topological polar surface area (TPSA) is 12.0 Å². The zero-order chi connectivity index (χ0) is 10.6. The standard InChI is InChI=1S/C12H18FN/c1-4-10(3)14-8-11-6-5-9(2)7-12(11)13/h5-7,10,14H,4,8H2,1-3H3. The number of nitrogens with one attached hydrogen (secondary N) is 1. The molecule has 0 spiro atoms. The van der Waals surface area contributed by atoms with Crippen LogP contribution >= 0.6 is 0 Å². The highest BCUT2D eigenvalue weighted by Crippen LogP contribution is 2.09. The number of aryl methyl sites for hydroxylation is 1. The molecule has 0 radical (unpaired) electrons. The number of hydrogen-bond acceptors (Lipinski definition) is 1. The van der Waals surface area contributed by atoms with E-state index in [-0.39, 0.29) is 5.82 Å². The molecular weight excluding hydrogens is 177 g/mol. The summed E-state index contributed by atoms with van der Waals surface area (Å²) in [5, 5.41) is 3.27. The van der Waals surface area contributed by atoms with E-state index < -0.39 is 0 Å². The van der Waals surface area contributed by atoms with Crippen molar-refractivity contribution in [3.63, 3.8) is 0 Å². The lowest BCUT2D eigenvalue weighted by Gasteiger charge is -2.11. The monoisotopic (exact) mass is 195 g/mol. The second kappa shape index (κ2) is 5.11. The van der Waals surface area contributed by atoms with Crippen molar-refractivity contribution in [1.29, 1.82) is 0 Å². The molecule has 0 aromatic heterocycles. The van der Waals surface area contributed by atoms with E-state index in [4.69, 9.17) is 0 Å². The van der Waals surface area contributed by atoms with Gasteiger partial charge in [0.1, 0.15) is 5.82 Å². The van der Waals surface area contributed by atoms with Crippen LogP contribution in [0.25, 0.3) is 0 Å². The fourth-order valence-electron chi connectivity index (χ4n) is 1.22. The van der Waals surface area contributed by atoms with Crippen molar-refractivity contribution in [2.75, 3.05) is 0 Å². The smallest absolute Gasteiger partial charge is 0.127 e. The molecule has 2 heteroatoms. The largest absolute Gasteiger partial charge is 0.310 e. The van der Waals surface area contributed by atoms with Crippen molar-refractivity contribution in [3.8, 4) is 0 Å². The van der Waals surface area contributed by atoms with Crippen molar-refractivity contribution < 1.29 is 4.39 Å². The third-order valence-corrected chi connectivity index (χ3v) is 2.46. The Balaban J connectivity index is 2.59. The summed E-state index contributed by atoms with van der Waals surface area (Å²) in [6, 6.07) is 5.81. The fourth-order valence-corrected chi connectivity index (χ4v) is 1.22. The first-order valence-corrected chi connectivity index (χ1v) is 5.12. The van der Waals surface area contributed by atoms with Gasteiger partial charge in [0.2, 0.25) is 0 Å². The Labute approximate surface area is 85.3 Å². The van der Waals surface area contributed by atoms with Crippen LogP contribution in [0.15, 0.2) is 18.2 Å². The molecule has 0 fully saturated rings. The Hall–Kier alpha value is -0.890. The van der Waals surface area contributed by atoms with Crippen LogP contribution in [0.5, 0.6) is 0 Å². The van der Waals surface area contributed by atoms with Crippen LogP contribution in [0.3, 0.4) is 0 Å². The molecule has 0 aliphatic rings. The van der Waals surface area contributed by atoms with Crippen molar-refractivity contribution in [3.05, 3.63) is 35.1 Å². The van der Waals surface area contributed by atoms with Crippen molar-refractivity contribution in [2.24, 2.45) is 0 Å². The Kier molecular flexibility index (Phi) is 4.08. The van der Waals surface area contributed by atoms with E-state index >= 15 is 0 Å². The molecular formula is C12H18FN. The minimum Gasteiger partial charge on any atom is -0.310 e. The predicted octanol–water partition coefficient (Wildman–Crippen LogP) is 3.02. The van der Waals surface area contributed by atoms with Gasteiger partial charge in [-0.25, -0.2) is 4.39 Å². The first kappa shape index (κ1) is 11.2.